The number of carboxylic acids is 1. The minimum absolute atomic E-state index is 0.364. The van der Waals surface area contributed by atoms with E-state index in [1.807, 2.05) is 31.2 Å². The molecule has 2 nitrogen and oxygen atoms in total. The van der Waals surface area contributed by atoms with Crippen molar-refractivity contribution >= 4 is 5.97 Å². The standard InChI is InChI=1S/C16H16O2/c1-3-12-5-4-6-13(10-12)14-8-7-11(2)9-15(14)16(17)18/h4-10H,3H2,1-2H3,(H,17,18). The van der Waals surface area contributed by atoms with Gasteiger partial charge in [0.1, 0.15) is 0 Å². The minimum atomic E-state index is -0.879. The van der Waals surface area contributed by atoms with Crippen LogP contribution in [0.3, 0.4) is 0 Å². The highest BCUT2D eigenvalue weighted by atomic mass is 16.4. The van der Waals surface area contributed by atoms with Crippen LogP contribution in [0.5, 0.6) is 0 Å². The second-order valence-corrected chi connectivity index (χ2v) is 4.41. The van der Waals surface area contributed by atoms with Gasteiger partial charge in [-0.2, -0.15) is 0 Å². The molecular formula is C16H16O2. The molecule has 1 N–H and O–H groups in total. The van der Waals surface area contributed by atoms with Crippen LogP contribution in [0.4, 0.5) is 0 Å². The summed E-state index contributed by atoms with van der Waals surface area (Å²) in [6, 6.07) is 13.6. The summed E-state index contributed by atoms with van der Waals surface area (Å²) in [6.07, 6.45) is 0.947. The Balaban J connectivity index is 2.59. The van der Waals surface area contributed by atoms with Gasteiger partial charge in [-0.15, -0.1) is 0 Å². The molecule has 0 aliphatic rings. The number of benzene rings is 2. The summed E-state index contributed by atoms with van der Waals surface area (Å²) in [5, 5.41) is 9.28. The Labute approximate surface area is 107 Å². The molecule has 0 bridgehead atoms. The largest absolute Gasteiger partial charge is 0.478 e. The zero-order valence-electron chi connectivity index (χ0n) is 10.6. The predicted molar refractivity (Wildman–Crippen MR) is 73.0 cm³/mol. The second-order valence-electron chi connectivity index (χ2n) is 4.41. The molecule has 0 saturated carbocycles. The molecule has 2 heteroatoms. The van der Waals surface area contributed by atoms with Crippen LogP contribution in [0.2, 0.25) is 0 Å². The Morgan fingerprint density at radius 3 is 2.61 bits per heavy atom. The molecule has 0 spiro atoms. The third-order valence-electron chi connectivity index (χ3n) is 3.05. The van der Waals surface area contributed by atoms with Crippen molar-refractivity contribution in [2.45, 2.75) is 20.3 Å². The van der Waals surface area contributed by atoms with Crippen LogP contribution in [0, 0.1) is 6.92 Å². The van der Waals surface area contributed by atoms with E-state index in [1.54, 1.807) is 6.07 Å². The normalized spacial score (nSPS) is 10.3. The van der Waals surface area contributed by atoms with Gasteiger partial charge in [0.05, 0.1) is 5.56 Å². The average molecular weight is 240 g/mol. The van der Waals surface area contributed by atoms with Gasteiger partial charge < -0.3 is 5.11 Å². The lowest BCUT2D eigenvalue weighted by Crippen LogP contribution is -2.00. The van der Waals surface area contributed by atoms with Gasteiger partial charge in [0.25, 0.3) is 0 Å². The topological polar surface area (TPSA) is 37.3 Å². The molecule has 92 valence electrons. The van der Waals surface area contributed by atoms with Gasteiger partial charge in [-0.05, 0) is 36.1 Å². The van der Waals surface area contributed by atoms with Gasteiger partial charge in [-0.3, -0.25) is 0 Å². The second kappa shape index (κ2) is 5.05. The van der Waals surface area contributed by atoms with Crippen molar-refractivity contribution in [1.29, 1.82) is 0 Å². The molecule has 0 atom stereocenters. The van der Waals surface area contributed by atoms with Crippen molar-refractivity contribution < 1.29 is 9.90 Å². The van der Waals surface area contributed by atoms with Crippen molar-refractivity contribution in [1.82, 2.24) is 0 Å². The van der Waals surface area contributed by atoms with Gasteiger partial charge in [0, 0.05) is 0 Å². The molecule has 0 unspecified atom stereocenters. The fourth-order valence-electron chi connectivity index (χ4n) is 2.05. The highest BCUT2D eigenvalue weighted by Gasteiger charge is 2.11. The maximum atomic E-state index is 11.3. The number of carbonyl (C=O) groups is 1. The molecule has 0 fully saturated rings. The lowest BCUT2D eigenvalue weighted by molar-refractivity contribution is 0.0697. The van der Waals surface area contributed by atoms with Crippen molar-refractivity contribution in [3.05, 3.63) is 59.2 Å². The molecule has 2 aromatic rings. The van der Waals surface area contributed by atoms with E-state index in [0.29, 0.717) is 5.56 Å². The van der Waals surface area contributed by atoms with Crippen LogP contribution in [0.25, 0.3) is 11.1 Å². The summed E-state index contributed by atoms with van der Waals surface area (Å²) < 4.78 is 0. The van der Waals surface area contributed by atoms with Gasteiger partial charge in [-0.1, -0.05) is 48.9 Å². The number of aromatic carboxylic acids is 1. The van der Waals surface area contributed by atoms with E-state index in [0.717, 1.165) is 23.1 Å². The van der Waals surface area contributed by atoms with Crippen LogP contribution >= 0.6 is 0 Å². The van der Waals surface area contributed by atoms with Crippen LogP contribution in [0.1, 0.15) is 28.4 Å². The van der Waals surface area contributed by atoms with Crippen LogP contribution in [-0.2, 0) is 6.42 Å². The molecule has 18 heavy (non-hydrogen) atoms. The van der Waals surface area contributed by atoms with Gasteiger partial charge >= 0.3 is 5.97 Å². The van der Waals surface area contributed by atoms with Crippen LogP contribution in [-0.4, -0.2) is 11.1 Å². The number of hydrogen-bond acceptors (Lipinski definition) is 1. The van der Waals surface area contributed by atoms with Crippen molar-refractivity contribution in [3.8, 4) is 11.1 Å². The van der Waals surface area contributed by atoms with Crippen molar-refractivity contribution in [2.75, 3.05) is 0 Å². The maximum absolute atomic E-state index is 11.3. The van der Waals surface area contributed by atoms with Crippen molar-refractivity contribution in [3.63, 3.8) is 0 Å². The zero-order chi connectivity index (χ0) is 13.1. The Hall–Kier alpha value is -2.09. The summed E-state index contributed by atoms with van der Waals surface area (Å²) in [5.41, 5.74) is 4.28. The third kappa shape index (κ3) is 2.43. The van der Waals surface area contributed by atoms with E-state index in [9.17, 15) is 9.90 Å². The lowest BCUT2D eigenvalue weighted by Gasteiger charge is -2.08. The van der Waals surface area contributed by atoms with E-state index in [4.69, 9.17) is 0 Å². The Morgan fingerprint density at radius 1 is 1.17 bits per heavy atom. The third-order valence-corrected chi connectivity index (χ3v) is 3.05. The summed E-state index contributed by atoms with van der Waals surface area (Å²) in [5.74, 6) is -0.879. The first-order valence-corrected chi connectivity index (χ1v) is 6.05. The van der Waals surface area contributed by atoms with E-state index < -0.39 is 5.97 Å². The number of aryl methyl sites for hydroxylation is 2. The van der Waals surface area contributed by atoms with E-state index in [2.05, 4.69) is 19.1 Å². The molecule has 0 saturated heterocycles. The van der Waals surface area contributed by atoms with E-state index in [1.165, 1.54) is 5.56 Å². The Bertz CT molecular complexity index is 585. The molecule has 0 aliphatic carbocycles. The smallest absolute Gasteiger partial charge is 0.336 e. The SMILES string of the molecule is CCc1cccc(-c2ccc(C)cc2C(=O)O)c1. The number of rotatable bonds is 3. The van der Waals surface area contributed by atoms with E-state index in [-0.39, 0.29) is 0 Å². The maximum Gasteiger partial charge on any atom is 0.336 e. The molecule has 2 rings (SSSR count). The van der Waals surface area contributed by atoms with Crippen LogP contribution < -0.4 is 0 Å². The molecular weight excluding hydrogens is 224 g/mol. The predicted octanol–water partition coefficient (Wildman–Crippen LogP) is 3.92. The molecule has 0 aromatic heterocycles. The Kier molecular flexibility index (Phi) is 3.47. The fraction of sp³-hybridized carbons (Fsp3) is 0.188. The number of hydrogen-bond donors (Lipinski definition) is 1. The summed E-state index contributed by atoms with van der Waals surface area (Å²) in [6.45, 7) is 3.99. The summed E-state index contributed by atoms with van der Waals surface area (Å²) in [4.78, 5) is 11.3. The summed E-state index contributed by atoms with van der Waals surface area (Å²) in [7, 11) is 0. The fourth-order valence-corrected chi connectivity index (χ4v) is 2.05. The quantitative estimate of drug-likeness (QED) is 0.882. The molecule has 0 amide bonds. The zero-order valence-corrected chi connectivity index (χ0v) is 10.6. The highest BCUT2D eigenvalue weighted by Crippen LogP contribution is 2.25. The first-order valence-electron chi connectivity index (χ1n) is 6.05. The minimum Gasteiger partial charge on any atom is -0.478 e. The first kappa shape index (κ1) is 12.4. The Morgan fingerprint density at radius 2 is 1.94 bits per heavy atom. The molecule has 0 aliphatic heterocycles. The lowest BCUT2D eigenvalue weighted by atomic mass is 9.96. The molecule has 2 aromatic carbocycles. The van der Waals surface area contributed by atoms with Crippen LogP contribution in [0.15, 0.2) is 42.5 Å². The number of carboxylic acid groups (broad SMARTS) is 1. The average Bonchev–Trinajstić information content (AvgIpc) is 2.38. The van der Waals surface area contributed by atoms with Gasteiger partial charge in [0.2, 0.25) is 0 Å². The van der Waals surface area contributed by atoms with E-state index >= 15 is 0 Å². The van der Waals surface area contributed by atoms with Gasteiger partial charge in [-0.25, -0.2) is 4.79 Å². The highest BCUT2D eigenvalue weighted by molar-refractivity contribution is 5.96. The van der Waals surface area contributed by atoms with Gasteiger partial charge in [0.15, 0.2) is 0 Å². The molecule has 0 radical (unpaired) electrons. The molecule has 0 heterocycles. The summed E-state index contributed by atoms with van der Waals surface area (Å²) >= 11 is 0. The van der Waals surface area contributed by atoms with Crippen molar-refractivity contribution in [2.24, 2.45) is 0 Å². The first-order chi connectivity index (χ1) is 8.61. The monoisotopic (exact) mass is 240 g/mol.